The Bertz CT molecular complexity index is 1040. The molecule has 0 radical (unpaired) electrons. The van der Waals surface area contributed by atoms with Crippen molar-refractivity contribution in [3.05, 3.63) is 57.2 Å². The normalized spacial score (nSPS) is 10.7. The van der Waals surface area contributed by atoms with E-state index in [0.717, 1.165) is 5.56 Å². The van der Waals surface area contributed by atoms with Gasteiger partial charge in [0.1, 0.15) is 17.9 Å². The predicted molar refractivity (Wildman–Crippen MR) is 94.7 cm³/mol. The van der Waals surface area contributed by atoms with Gasteiger partial charge in [0, 0.05) is 10.6 Å². The molecule has 0 aliphatic carbocycles. The highest BCUT2D eigenvalue weighted by Gasteiger charge is 2.19. The summed E-state index contributed by atoms with van der Waals surface area (Å²) in [5, 5.41) is 11.4. The van der Waals surface area contributed by atoms with Gasteiger partial charge in [-0.15, -0.1) is 0 Å². The van der Waals surface area contributed by atoms with Gasteiger partial charge in [-0.1, -0.05) is 11.6 Å². The minimum absolute atomic E-state index is 0.119. The second-order valence-corrected chi connectivity index (χ2v) is 5.98. The number of rotatable bonds is 5. The molecule has 0 saturated carbocycles. The fourth-order valence-electron chi connectivity index (χ4n) is 2.49. The molecule has 3 rings (SSSR count). The highest BCUT2D eigenvalue weighted by molar-refractivity contribution is 6.32. The molecule has 26 heavy (non-hydrogen) atoms. The molecular weight excluding hydrogens is 360 g/mol. The van der Waals surface area contributed by atoms with Crippen LogP contribution in [0.25, 0.3) is 22.3 Å². The van der Waals surface area contributed by atoms with Crippen molar-refractivity contribution < 1.29 is 23.8 Å². The summed E-state index contributed by atoms with van der Waals surface area (Å²) in [5.74, 6) is -0.927. The van der Waals surface area contributed by atoms with Crippen LogP contribution >= 0.6 is 11.6 Å². The van der Waals surface area contributed by atoms with Gasteiger partial charge in [0.05, 0.1) is 18.5 Å². The first-order valence-electron chi connectivity index (χ1n) is 7.64. The zero-order valence-corrected chi connectivity index (χ0v) is 14.8. The summed E-state index contributed by atoms with van der Waals surface area (Å²) in [6, 6.07) is 9.86. The monoisotopic (exact) mass is 373 g/mol. The fourth-order valence-corrected chi connectivity index (χ4v) is 2.66. The van der Waals surface area contributed by atoms with Crippen LogP contribution in [0.5, 0.6) is 11.5 Å². The molecule has 0 saturated heterocycles. The number of ether oxygens (including phenoxy) is 2. The number of hydrogen-bond donors (Lipinski definition) is 0. The van der Waals surface area contributed by atoms with Gasteiger partial charge < -0.3 is 23.8 Å². The van der Waals surface area contributed by atoms with E-state index in [4.69, 9.17) is 25.5 Å². The van der Waals surface area contributed by atoms with E-state index in [1.807, 2.05) is 0 Å². The minimum Gasteiger partial charge on any atom is -0.546 e. The van der Waals surface area contributed by atoms with Gasteiger partial charge in [-0.3, -0.25) is 4.79 Å². The Morgan fingerprint density at radius 1 is 1.23 bits per heavy atom. The lowest BCUT2D eigenvalue weighted by Crippen LogP contribution is -2.30. The van der Waals surface area contributed by atoms with Crippen LogP contribution in [0, 0.1) is 6.92 Å². The third-order valence-corrected chi connectivity index (χ3v) is 4.22. The first kappa shape index (κ1) is 17.8. The first-order chi connectivity index (χ1) is 12.4. The van der Waals surface area contributed by atoms with Crippen LogP contribution in [-0.2, 0) is 4.79 Å². The highest BCUT2D eigenvalue weighted by atomic mass is 35.5. The van der Waals surface area contributed by atoms with E-state index in [0.29, 0.717) is 21.9 Å². The van der Waals surface area contributed by atoms with Crippen LogP contribution in [0.2, 0.25) is 5.02 Å². The van der Waals surface area contributed by atoms with Crippen molar-refractivity contribution in [1.29, 1.82) is 0 Å². The number of carboxylic acid groups (broad SMARTS) is 1. The minimum atomic E-state index is -1.45. The summed E-state index contributed by atoms with van der Waals surface area (Å²) < 4.78 is 16.2. The molecule has 1 aromatic heterocycles. The maximum Gasteiger partial charge on any atom is 0.235 e. The summed E-state index contributed by atoms with van der Waals surface area (Å²) in [6.45, 7) is 1.01. The Kier molecular flexibility index (Phi) is 4.86. The molecule has 0 unspecified atom stereocenters. The molecule has 0 fully saturated rings. The number of aryl methyl sites for hydroxylation is 1. The van der Waals surface area contributed by atoms with Crippen molar-refractivity contribution in [2.75, 3.05) is 13.7 Å². The first-order valence-corrected chi connectivity index (χ1v) is 8.02. The van der Waals surface area contributed by atoms with Crippen molar-refractivity contribution in [3.63, 3.8) is 0 Å². The second kappa shape index (κ2) is 7.09. The SMILES string of the molecule is COc1ccc(-c2oc3cc(C)c(Cl)cc3c(=O)c2OCC(=O)[O-])cc1. The molecule has 0 bridgehead atoms. The Labute approximate surface area is 153 Å². The van der Waals surface area contributed by atoms with Gasteiger partial charge in [-0.2, -0.15) is 0 Å². The van der Waals surface area contributed by atoms with Crippen LogP contribution < -0.4 is 20.0 Å². The van der Waals surface area contributed by atoms with Crippen molar-refractivity contribution in [3.8, 4) is 22.8 Å². The van der Waals surface area contributed by atoms with E-state index in [-0.39, 0.29) is 16.9 Å². The summed E-state index contributed by atoms with van der Waals surface area (Å²) in [7, 11) is 1.53. The smallest absolute Gasteiger partial charge is 0.235 e. The molecule has 0 aliphatic rings. The molecule has 3 aromatic rings. The van der Waals surface area contributed by atoms with Crippen LogP contribution in [0.15, 0.2) is 45.6 Å². The highest BCUT2D eigenvalue weighted by Crippen LogP contribution is 2.33. The van der Waals surface area contributed by atoms with Crippen molar-refractivity contribution in [1.82, 2.24) is 0 Å². The molecule has 2 aromatic carbocycles. The Balaban J connectivity index is 2.26. The molecule has 0 N–H and O–H groups in total. The fraction of sp³-hybridized carbons (Fsp3) is 0.158. The summed E-state index contributed by atoms with van der Waals surface area (Å²) in [6.07, 6.45) is 0. The predicted octanol–water partition coefficient (Wildman–Crippen LogP) is 2.56. The maximum absolute atomic E-state index is 12.8. The molecular formula is C19H14ClO6-. The van der Waals surface area contributed by atoms with E-state index in [1.165, 1.54) is 13.2 Å². The maximum atomic E-state index is 12.8. The third-order valence-electron chi connectivity index (χ3n) is 3.82. The van der Waals surface area contributed by atoms with E-state index < -0.39 is 18.0 Å². The number of aliphatic carboxylic acids is 1. The van der Waals surface area contributed by atoms with Crippen molar-refractivity contribution in [2.45, 2.75) is 6.92 Å². The van der Waals surface area contributed by atoms with Crippen LogP contribution in [0.3, 0.4) is 0 Å². The third kappa shape index (κ3) is 3.36. The zero-order chi connectivity index (χ0) is 18.8. The van der Waals surface area contributed by atoms with E-state index in [9.17, 15) is 14.7 Å². The van der Waals surface area contributed by atoms with Gasteiger partial charge in [-0.25, -0.2) is 0 Å². The molecule has 0 atom stereocenters. The van der Waals surface area contributed by atoms with Gasteiger partial charge in [0.25, 0.3) is 0 Å². The van der Waals surface area contributed by atoms with Gasteiger partial charge in [0.15, 0.2) is 5.76 Å². The lowest BCUT2D eigenvalue weighted by atomic mass is 10.1. The number of halogens is 1. The lowest BCUT2D eigenvalue weighted by Gasteiger charge is -2.13. The standard InChI is InChI=1S/C19H15ClO6/c1-10-7-15-13(8-14(10)20)17(23)19(25-9-16(21)22)18(26-15)11-3-5-12(24-2)6-4-11/h3-8H,9H2,1-2H3,(H,21,22)/p-1. The van der Waals surface area contributed by atoms with Gasteiger partial charge in [-0.05, 0) is 48.9 Å². The second-order valence-electron chi connectivity index (χ2n) is 5.58. The molecule has 0 amide bonds. The Morgan fingerprint density at radius 2 is 1.92 bits per heavy atom. The van der Waals surface area contributed by atoms with E-state index in [1.54, 1.807) is 37.3 Å². The zero-order valence-electron chi connectivity index (χ0n) is 14.0. The summed E-state index contributed by atoms with van der Waals surface area (Å²) in [4.78, 5) is 23.6. The Hall–Kier alpha value is -2.99. The number of carboxylic acids is 1. The largest absolute Gasteiger partial charge is 0.546 e. The number of hydrogen-bond acceptors (Lipinski definition) is 6. The number of carbonyl (C=O) groups is 1. The lowest BCUT2D eigenvalue weighted by molar-refractivity contribution is -0.307. The van der Waals surface area contributed by atoms with Crippen LogP contribution in [-0.4, -0.2) is 19.7 Å². The topological polar surface area (TPSA) is 88.8 Å². The van der Waals surface area contributed by atoms with Crippen molar-refractivity contribution in [2.24, 2.45) is 0 Å². The Morgan fingerprint density at radius 3 is 2.54 bits per heavy atom. The van der Waals surface area contributed by atoms with E-state index in [2.05, 4.69) is 0 Å². The summed E-state index contributed by atoms with van der Waals surface area (Å²) >= 11 is 6.09. The quantitative estimate of drug-likeness (QED) is 0.683. The number of carbonyl (C=O) groups excluding carboxylic acids is 1. The molecule has 1 heterocycles. The van der Waals surface area contributed by atoms with Crippen LogP contribution in [0.4, 0.5) is 0 Å². The van der Waals surface area contributed by atoms with Crippen LogP contribution in [0.1, 0.15) is 5.56 Å². The molecule has 0 aliphatic heterocycles. The van der Waals surface area contributed by atoms with Gasteiger partial charge >= 0.3 is 0 Å². The summed E-state index contributed by atoms with van der Waals surface area (Å²) in [5.41, 5.74) is 1.08. The number of methoxy groups -OCH3 is 1. The number of fused-ring (bicyclic) bond motifs is 1. The molecule has 134 valence electrons. The van der Waals surface area contributed by atoms with Gasteiger partial charge in [0.2, 0.25) is 11.2 Å². The van der Waals surface area contributed by atoms with E-state index >= 15 is 0 Å². The molecule has 0 spiro atoms. The average Bonchev–Trinajstić information content (AvgIpc) is 2.62. The van der Waals surface area contributed by atoms with Crippen molar-refractivity contribution >= 4 is 28.5 Å². The average molecular weight is 374 g/mol. The molecule has 6 nitrogen and oxygen atoms in total. The molecule has 7 heteroatoms. The number of benzene rings is 2.